The van der Waals surface area contributed by atoms with Gasteiger partial charge in [0.05, 0.1) is 12.6 Å². The lowest BCUT2D eigenvalue weighted by molar-refractivity contribution is 0.414. The Kier molecular flexibility index (Phi) is 3.38. The van der Waals surface area contributed by atoms with E-state index < -0.39 is 0 Å². The van der Waals surface area contributed by atoms with Crippen molar-refractivity contribution in [2.75, 3.05) is 7.11 Å². The second kappa shape index (κ2) is 5.33. The maximum Gasteiger partial charge on any atom is 0.118 e. The molecule has 0 aliphatic rings. The number of rotatable bonds is 3. The van der Waals surface area contributed by atoms with Crippen molar-refractivity contribution in [2.24, 2.45) is 0 Å². The van der Waals surface area contributed by atoms with Crippen LogP contribution in [0.5, 0.6) is 5.75 Å². The van der Waals surface area contributed by atoms with Crippen molar-refractivity contribution in [2.45, 2.75) is 9.79 Å². The first-order chi connectivity index (χ1) is 9.35. The van der Waals surface area contributed by atoms with Crippen molar-refractivity contribution in [3.63, 3.8) is 0 Å². The molecule has 3 aromatic rings. The SMILES string of the molecule is COc1ccc(Sc2[c]c3cccnc3cc2)cc1. The monoisotopic (exact) mass is 266 g/mol. The zero-order valence-corrected chi connectivity index (χ0v) is 11.3. The molecule has 0 bridgehead atoms. The van der Waals surface area contributed by atoms with E-state index in [1.165, 1.54) is 4.90 Å². The third-order valence-electron chi connectivity index (χ3n) is 2.78. The second-order valence-electron chi connectivity index (χ2n) is 4.04. The molecule has 0 saturated carbocycles. The van der Waals surface area contributed by atoms with Gasteiger partial charge in [-0.2, -0.15) is 0 Å². The van der Waals surface area contributed by atoms with Gasteiger partial charge in [-0.25, -0.2) is 0 Å². The van der Waals surface area contributed by atoms with E-state index >= 15 is 0 Å². The van der Waals surface area contributed by atoms with Crippen LogP contribution in [-0.4, -0.2) is 12.1 Å². The molecule has 19 heavy (non-hydrogen) atoms. The Hall–Kier alpha value is -2.00. The minimum atomic E-state index is 0.871. The van der Waals surface area contributed by atoms with Crippen LogP contribution in [0, 0.1) is 6.07 Å². The van der Waals surface area contributed by atoms with Gasteiger partial charge in [0, 0.05) is 27.4 Å². The summed E-state index contributed by atoms with van der Waals surface area (Å²) in [6.07, 6.45) is 1.80. The fraction of sp³-hybridized carbons (Fsp3) is 0.0625. The predicted molar refractivity (Wildman–Crippen MR) is 77.7 cm³/mol. The molecule has 1 heterocycles. The van der Waals surface area contributed by atoms with Crippen molar-refractivity contribution >= 4 is 22.7 Å². The summed E-state index contributed by atoms with van der Waals surface area (Å²) in [5.74, 6) is 0.871. The number of pyridine rings is 1. The highest BCUT2D eigenvalue weighted by Crippen LogP contribution is 2.30. The smallest absolute Gasteiger partial charge is 0.118 e. The molecule has 0 aliphatic carbocycles. The normalized spacial score (nSPS) is 10.6. The number of ether oxygens (including phenoxy) is 1. The fourth-order valence-electron chi connectivity index (χ4n) is 1.82. The van der Waals surface area contributed by atoms with Crippen LogP contribution in [0.3, 0.4) is 0 Å². The van der Waals surface area contributed by atoms with E-state index in [0.717, 1.165) is 21.5 Å². The molecule has 1 radical (unpaired) electrons. The van der Waals surface area contributed by atoms with E-state index in [1.54, 1.807) is 25.1 Å². The number of fused-ring (bicyclic) bond motifs is 1. The number of nitrogens with zero attached hydrogens (tertiary/aromatic N) is 1. The van der Waals surface area contributed by atoms with Gasteiger partial charge in [-0.3, -0.25) is 4.98 Å². The Morgan fingerprint density at radius 1 is 1.05 bits per heavy atom. The van der Waals surface area contributed by atoms with Crippen molar-refractivity contribution in [3.8, 4) is 5.75 Å². The maximum absolute atomic E-state index is 5.15. The molecule has 1 aromatic heterocycles. The molecule has 3 rings (SSSR count). The largest absolute Gasteiger partial charge is 0.497 e. The molecule has 0 spiro atoms. The van der Waals surface area contributed by atoms with Gasteiger partial charge in [0.1, 0.15) is 5.75 Å². The van der Waals surface area contributed by atoms with Gasteiger partial charge in [-0.15, -0.1) is 0 Å². The van der Waals surface area contributed by atoms with Crippen LogP contribution < -0.4 is 4.74 Å². The van der Waals surface area contributed by atoms with Gasteiger partial charge in [-0.1, -0.05) is 17.8 Å². The van der Waals surface area contributed by atoms with Crippen LogP contribution in [0.2, 0.25) is 0 Å². The summed E-state index contributed by atoms with van der Waals surface area (Å²) in [5.41, 5.74) is 0.974. The molecular formula is C16H12NOS. The van der Waals surface area contributed by atoms with Crippen molar-refractivity contribution in [1.82, 2.24) is 4.98 Å². The standard InChI is InChI=1S/C16H12NOS/c1-18-13-4-6-14(7-5-13)19-15-8-9-16-12(11-15)3-2-10-17-16/h2-10H,1H3. The molecule has 0 amide bonds. The fourth-order valence-corrected chi connectivity index (χ4v) is 2.64. The number of hydrogen-bond donors (Lipinski definition) is 0. The number of methoxy groups -OCH3 is 1. The topological polar surface area (TPSA) is 22.1 Å². The van der Waals surface area contributed by atoms with E-state index in [4.69, 9.17) is 4.74 Å². The van der Waals surface area contributed by atoms with E-state index in [9.17, 15) is 0 Å². The van der Waals surface area contributed by atoms with Gasteiger partial charge in [-0.05, 0) is 42.5 Å². The lowest BCUT2D eigenvalue weighted by atomic mass is 10.2. The average molecular weight is 266 g/mol. The van der Waals surface area contributed by atoms with Crippen LogP contribution in [0.25, 0.3) is 10.9 Å². The Balaban J connectivity index is 1.87. The Labute approximate surface area is 116 Å². The van der Waals surface area contributed by atoms with Gasteiger partial charge < -0.3 is 4.74 Å². The molecular weight excluding hydrogens is 254 g/mol. The summed E-state index contributed by atoms with van der Waals surface area (Å²) in [5, 5.41) is 1.04. The molecule has 2 nitrogen and oxygen atoms in total. The molecule has 93 valence electrons. The summed E-state index contributed by atoms with van der Waals surface area (Å²) >= 11 is 1.68. The number of benzene rings is 2. The van der Waals surface area contributed by atoms with Gasteiger partial charge >= 0.3 is 0 Å². The van der Waals surface area contributed by atoms with Crippen LogP contribution in [0.1, 0.15) is 0 Å². The zero-order chi connectivity index (χ0) is 13.1. The first-order valence-corrected chi connectivity index (χ1v) is 6.76. The summed E-state index contributed by atoms with van der Waals surface area (Å²) in [7, 11) is 1.67. The van der Waals surface area contributed by atoms with E-state index in [-0.39, 0.29) is 0 Å². The van der Waals surface area contributed by atoms with Crippen LogP contribution in [0.4, 0.5) is 0 Å². The average Bonchev–Trinajstić information content (AvgIpc) is 2.48. The summed E-state index contributed by atoms with van der Waals surface area (Å²) in [6.45, 7) is 0. The molecule has 0 atom stereocenters. The lowest BCUT2D eigenvalue weighted by Crippen LogP contribution is -1.82. The molecule has 0 N–H and O–H groups in total. The molecule has 2 aromatic carbocycles. The number of hydrogen-bond acceptors (Lipinski definition) is 3. The quantitative estimate of drug-likeness (QED) is 0.709. The third-order valence-corrected chi connectivity index (χ3v) is 3.74. The highest BCUT2D eigenvalue weighted by atomic mass is 32.2. The predicted octanol–water partition coefficient (Wildman–Crippen LogP) is 4.19. The van der Waals surface area contributed by atoms with Crippen molar-refractivity contribution < 1.29 is 4.74 Å². The van der Waals surface area contributed by atoms with Crippen molar-refractivity contribution in [3.05, 3.63) is 60.8 Å². The first kappa shape index (κ1) is 12.1. The molecule has 0 fully saturated rings. The van der Waals surface area contributed by atoms with Gasteiger partial charge in [0.15, 0.2) is 0 Å². The second-order valence-corrected chi connectivity index (χ2v) is 5.15. The maximum atomic E-state index is 5.15. The number of aromatic nitrogens is 1. The van der Waals surface area contributed by atoms with E-state index in [1.807, 2.05) is 48.5 Å². The summed E-state index contributed by atoms with van der Waals surface area (Å²) in [6, 6.07) is 19.4. The lowest BCUT2D eigenvalue weighted by Gasteiger charge is -2.04. The minimum absolute atomic E-state index is 0.871. The first-order valence-electron chi connectivity index (χ1n) is 5.94. The summed E-state index contributed by atoms with van der Waals surface area (Å²) in [4.78, 5) is 6.55. The van der Waals surface area contributed by atoms with Crippen LogP contribution in [0.15, 0.2) is 64.5 Å². The summed E-state index contributed by atoms with van der Waals surface area (Å²) < 4.78 is 5.15. The highest BCUT2D eigenvalue weighted by Gasteiger charge is 2.01. The van der Waals surface area contributed by atoms with E-state index in [2.05, 4.69) is 11.1 Å². The minimum Gasteiger partial charge on any atom is -0.497 e. The highest BCUT2D eigenvalue weighted by molar-refractivity contribution is 7.99. The van der Waals surface area contributed by atoms with Gasteiger partial charge in [0.25, 0.3) is 0 Å². The Morgan fingerprint density at radius 3 is 2.68 bits per heavy atom. The van der Waals surface area contributed by atoms with Crippen molar-refractivity contribution in [1.29, 1.82) is 0 Å². The zero-order valence-electron chi connectivity index (χ0n) is 10.5. The molecule has 0 saturated heterocycles. The Morgan fingerprint density at radius 2 is 1.89 bits per heavy atom. The molecule has 3 heteroatoms. The van der Waals surface area contributed by atoms with Crippen LogP contribution >= 0.6 is 11.8 Å². The molecule has 0 aliphatic heterocycles. The third kappa shape index (κ3) is 2.71. The van der Waals surface area contributed by atoms with E-state index in [0.29, 0.717) is 0 Å². The Bertz CT molecular complexity index is 694. The van der Waals surface area contributed by atoms with Gasteiger partial charge in [0.2, 0.25) is 0 Å². The van der Waals surface area contributed by atoms with Crippen LogP contribution in [-0.2, 0) is 0 Å². The molecule has 0 unspecified atom stereocenters.